The number of carbonyl (C=O) groups excluding carboxylic acids is 1. The number of nitriles is 1. The van der Waals surface area contributed by atoms with Crippen LogP contribution in [0.4, 0.5) is 13.2 Å². The smallest absolute Gasteiger partial charge is 0.431 e. The fourth-order valence-corrected chi connectivity index (χ4v) is 3.04. The van der Waals surface area contributed by atoms with Crippen LogP contribution in [-0.4, -0.2) is 29.8 Å². The van der Waals surface area contributed by atoms with E-state index in [-0.39, 0.29) is 34.9 Å². The van der Waals surface area contributed by atoms with Gasteiger partial charge in [0.05, 0.1) is 29.6 Å². The number of dihydropyridines is 1. The number of carboxylic acid groups (broad SMARTS) is 1. The highest BCUT2D eigenvalue weighted by atomic mass is 35.5. The van der Waals surface area contributed by atoms with Crippen LogP contribution in [0.1, 0.15) is 24.8 Å². The van der Waals surface area contributed by atoms with E-state index in [9.17, 15) is 27.9 Å². The van der Waals surface area contributed by atoms with Gasteiger partial charge >= 0.3 is 18.1 Å². The number of hydrogen-bond acceptors (Lipinski definition) is 5. The molecule has 1 aliphatic heterocycles. The predicted molar refractivity (Wildman–Crippen MR) is 91.9 cm³/mol. The minimum absolute atomic E-state index is 0.0831. The number of allylic oxidation sites excluding steroid dienone is 2. The van der Waals surface area contributed by atoms with Crippen LogP contribution < -0.4 is 5.32 Å². The summed E-state index contributed by atoms with van der Waals surface area (Å²) in [6.07, 6.45) is -5.12. The van der Waals surface area contributed by atoms with Crippen LogP contribution in [0.5, 0.6) is 0 Å². The van der Waals surface area contributed by atoms with E-state index in [1.807, 2.05) is 5.32 Å². The van der Waals surface area contributed by atoms with Gasteiger partial charge in [-0.15, -0.1) is 0 Å². The molecule has 0 spiro atoms. The molecule has 0 aliphatic carbocycles. The van der Waals surface area contributed by atoms with Crippen LogP contribution >= 0.6 is 11.6 Å². The summed E-state index contributed by atoms with van der Waals surface area (Å²) >= 11 is 5.91. The summed E-state index contributed by atoms with van der Waals surface area (Å²) < 4.78 is 45.4. The zero-order valence-electron chi connectivity index (χ0n) is 14.4. The van der Waals surface area contributed by atoms with Crippen LogP contribution in [-0.2, 0) is 14.3 Å². The van der Waals surface area contributed by atoms with Crippen molar-refractivity contribution in [2.45, 2.75) is 25.4 Å². The van der Waals surface area contributed by atoms with E-state index in [2.05, 4.69) is 0 Å². The normalized spacial score (nSPS) is 17.1. The summed E-state index contributed by atoms with van der Waals surface area (Å²) in [5.74, 6) is -4.44. The van der Waals surface area contributed by atoms with Gasteiger partial charge in [-0.25, -0.2) is 9.59 Å². The molecule has 1 aromatic carbocycles. The third kappa shape index (κ3) is 4.46. The van der Waals surface area contributed by atoms with Crippen molar-refractivity contribution in [3.63, 3.8) is 0 Å². The summed E-state index contributed by atoms with van der Waals surface area (Å²) in [4.78, 5) is 24.3. The average Bonchev–Trinajstić information content (AvgIpc) is 2.59. The number of rotatable bonds is 5. The van der Waals surface area contributed by atoms with Crippen molar-refractivity contribution >= 4 is 23.5 Å². The van der Waals surface area contributed by atoms with E-state index < -0.39 is 35.3 Å². The van der Waals surface area contributed by atoms with E-state index in [0.29, 0.717) is 0 Å². The summed E-state index contributed by atoms with van der Waals surface area (Å²) in [6, 6.07) is 7.31. The lowest BCUT2D eigenvalue weighted by atomic mass is 9.80. The number of ether oxygens (including phenoxy) is 1. The molecule has 0 bridgehead atoms. The van der Waals surface area contributed by atoms with Gasteiger partial charge in [-0.05, 0) is 24.6 Å². The molecule has 1 heterocycles. The zero-order valence-corrected chi connectivity index (χ0v) is 15.2. The van der Waals surface area contributed by atoms with Crippen LogP contribution in [0.25, 0.3) is 0 Å². The number of alkyl halides is 3. The Labute approximate surface area is 162 Å². The molecule has 28 heavy (non-hydrogen) atoms. The van der Waals surface area contributed by atoms with E-state index >= 15 is 0 Å². The highest BCUT2D eigenvalue weighted by molar-refractivity contribution is 6.30. The quantitative estimate of drug-likeness (QED) is 0.563. The molecule has 0 saturated carbocycles. The van der Waals surface area contributed by atoms with Gasteiger partial charge in [-0.2, -0.15) is 18.4 Å². The first-order valence-electron chi connectivity index (χ1n) is 7.90. The lowest BCUT2D eigenvalue weighted by molar-refractivity contribution is -0.139. The highest BCUT2D eigenvalue weighted by Gasteiger charge is 2.47. The van der Waals surface area contributed by atoms with Gasteiger partial charge in [0.2, 0.25) is 0 Å². The van der Waals surface area contributed by atoms with Gasteiger partial charge in [0.1, 0.15) is 12.3 Å². The summed E-state index contributed by atoms with van der Waals surface area (Å²) in [5.41, 5.74) is -2.95. The molecule has 1 aromatic rings. The van der Waals surface area contributed by atoms with Crippen molar-refractivity contribution in [2.24, 2.45) is 0 Å². The molecular weight excluding hydrogens is 401 g/mol. The predicted octanol–water partition coefficient (Wildman–Crippen LogP) is 3.66. The van der Waals surface area contributed by atoms with Crippen LogP contribution in [0, 0.1) is 11.3 Å². The number of carbonyl (C=O) groups is 2. The lowest BCUT2D eigenvalue weighted by Gasteiger charge is -2.31. The molecule has 1 atom stereocenters. The number of nitrogens with one attached hydrogen (secondary N) is 1. The van der Waals surface area contributed by atoms with Gasteiger partial charge in [-0.3, -0.25) is 0 Å². The number of aliphatic carboxylic acids is 1. The molecule has 0 amide bonds. The second-order valence-corrected chi connectivity index (χ2v) is 6.22. The van der Waals surface area contributed by atoms with Crippen molar-refractivity contribution < 1.29 is 32.6 Å². The molecular formula is C18H14ClF3N2O4. The number of nitrogens with zero attached hydrogens (tertiary/aromatic N) is 1. The van der Waals surface area contributed by atoms with Gasteiger partial charge in [0.15, 0.2) is 0 Å². The number of esters is 1. The maximum absolute atomic E-state index is 13.5. The second-order valence-electron chi connectivity index (χ2n) is 5.79. The summed E-state index contributed by atoms with van der Waals surface area (Å²) in [7, 11) is 0. The molecule has 0 radical (unpaired) electrons. The van der Waals surface area contributed by atoms with Gasteiger partial charge in [0, 0.05) is 10.7 Å². The van der Waals surface area contributed by atoms with Gasteiger partial charge in [0.25, 0.3) is 0 Å². The number of benzene rings is 1. The standard InChI is InChI=1S/C18H14ClF3N2O4/c1-9-12(17(27)28-7-3-6-23)13(10-4-2-5-11(19)8-10)14(16(25)26)15(24-9)18(20,21)22/h2,4-5,8,13,24H,3,7H2,1H3,(H,25,26). The van der Waals surface area contributed by atoms with E-state index in [0.717, 1.165) is 0 Å². The molecule has 0 aromatic heterocycles. The highest BCUT2D eigenvalue weighted by Crippen LogP contribution is 2.43. The maximum Gasteiger partial charge on any atom is 0.431 e. The van der Waals surface area contributed by atoms with Crippen molar-refractivity contribution in [1.82, 2.24) is 5.32 Å². The first-order valence-corrected chi connectivity index (χ1v) is 8.27. The fraction of sp³-hybridized carbons (Fsp3) is 0.278. The maximum atomic E-state index is 13.5. The Morgan fingerprint density at radius 2 is 2.04 bits per heavy atom. The molecule has 2 rings (SSSR count). The Morgan fingerprint density at radius 1 is 1.36 bits per heavy atom. The monoisotopic (exact) mass is 414 g/mol. The van der Waals surface area contributed by atoms with Crippen molar-refractivity contribution in [3.8, 4) is 6.07 Å². The first kappa shape index (κ1) is 21.3. The molecule has 0 fully saturated rings. The molecule has 148 valence electrons. The van der Waals surface area contributed by atoms with Crippen LogP contribution in [0.2, 0.25) is 5.02 Å². The largest absolute Gasteiger partial charge is 0.478 e. The molecule has 2 N–H and O–H groups in total. The number of halogens is 4. The Bertz CT molecular complexity index is 916. The Balaban J connectivity index is 2.69. The SMILES string of the molecule is CC1=C(C(=O)OCCC#N)C(c2cccc(Cl)c2)C(C(=O)O)=C(C(F)(F)F)N1. The second kappa shape index (κ2) is 8.35. The zero-order chi connectivity index (χ0) is 21.1. The van der Waals surface area contributed by atoms with E-state index in [1.54, 1.807) is 6.07 Å². The molecule has 0 saturated heterocycles. The van der Waals surface area contributed by atoms with E-state index in [4.69, 9.17) is 21.6 Å². The van der Waals surface area contributed by atoms with Crippen LogP contribution in [0.15, 0.2) is 46.8 Å². The minimum atomic E-state index is -5.00. The first-order chi connectivity index (χ1) is 13.1. The Morgan fingerprint density at radius 3 is 2.57 bits per heavy atom. The Kier molecular flexibility index (Phi) is 6.36. The molecule has 1 aliphatic rings. The van der Waals surface area contributed by atoms with Gasteiger partial charge in [-0.1, -0.05) is 23.7 Å². The molecule has 6 nitrogen and oxygen atoms in total. The molecule has 10 heteroatoms. The number of hydrogen-bond donors (Lipinski definition) is 2. The fourth-order valence-electron chi connectivity index (χ4n) is 2.84. The van der Waals surface area contributed by atoms with Crippen LogP contribution in [0.3, 0.4) is 0 Å². The minimum Gasteiger partial charge on any atom is -0.478 e. The van der Waals surface area contributed by atoms with Gasteiger partial charge < -0.3 is 15.2 Å². The van der Waals surface area contributed by atoms with Crippen molar-refractivity contribution in [2.75, 3.05) is 6.61 Å². The third-order valence-corrected chi connectivity index (χ3v) is 4.16. The number of carboxylic acids is 1. The summed E-state index contributed by atoms with van der Waals surface area (Å²) in [6.45, 7) is 0.926. The lowest BCUT2D eigenvalue weighted by Crippen LogP contribution is -2.38. The summed E-state index contributed by atoms with van der Waals surface area (Å²) in [5, 5.41) is 20.2. The molecule has 1 unspecified atom stereocenters. The third-order valence-electron chi connectivity index (χ3n) is 3.93. The topological polar surface area (TPSA) is 99.4 Å². The van der Waals surface area contributed by atoms with E-state index in [1.165, 1.54) is 31.2 Å². The Hall–Kier alpha value is -2.99. The van der Waals surface area contributed by atoms with Crippen molar-refractivity contribution in [1.29, 1.82) is 5.26 Å². The van der Waals surface area contributed by atoms with Crippen molar-refractivity contribution in [3.05, 3.63) is 57.4 Å². The average molecular weight is 415 g/mol.